The van der Waals surface area contributed by atoms with Gasteiger partial charge in [0.25, 0.3) is 15.8 Å². The summed E-state index contributed by atoms with van der Waals surface area (Å²) in [5.74, 6) is 0. The largest absolute Gasteiger partial charge is 0.294 e. The zero-order chi connectivity index (χ0) is 18.0. The summed E-state index contributed by atoms with van der Waals surface area (Å²) in [4.78, 5) is 10.5. The van der Waals surface area contributed by atoms with E-state index in [0.29, 0.717) is 22.1 Å². The third-order valence-electron chi connectivity index (χ3n) is 3.47. The third kappa shape index (κ3) is 3.52. The first kappa shape index (κ1) is 16.7. The minimum atomic E-state index is -4.28. The average molecular weight is 357 g/mol. The van der Waals surface area contributed by atoms with Gasteiger partial charge in [-0.2, -0.15) is 13.5 Å². The topological polar surface area (TPSA) is 122 Å². The molecule has 0 radical (unpaired) electrons. The molecule has 3 aromatic carbocycles. The highest BCUT2D eigenvalue weighted by Crippen LogP contribution is 2.34. The zero-order valence-electron chi connectivity index (χ0n) is 12.6. The number of rotatable bonds is 4. The van der Waals surface area contributed by atoms with Crippen molar-refractivity contribution in [3.63, 3.8) is 0 Å². The van der Waals surface area contributed by atoms with E-state index in [1.54, 1.807) is 30.3 Å². The summed E-state index contributed by atoms with van der Waals surface area (Å²) < 4.78 is 31.0. The van der Waals surface area contributed by atoms with Gasteiger partial charge in [-0.25, -0.2) is 0 Å². The summed E-state index contributed by atoms with van der Waals surface area (Å²) in [6, 6.07) is 14.9. The molecule has 0 aliphatic carbocycles. The molecule has 0 heterocycles. The number of hydrogen-bond acceptors (Lipinski definition) is 6. The number of nitro benzene ring substituents is 1. The van der Waals surface area contributed by atoms with Gasteiger partial charge in [0.1, 0.15) is 5.69 Å². The minimum Gasteiger partial charge on any atom is -0.282 e. The lowest BCUT2D eigenvalue weighted by atomic mass is 10.1. The van der Waals surface area contributed by atoms with Crippen molar-refractivity contribution in [2.75, 3.05) is 0 Å². The standard InChI is InChI=1S/C16H11N3O5S/c20-19(21)15-6-2-4-11-3-1-5-14(16(11)15)18-17-12-7-9-13(10-8-12)25(22,23)24/h1-10H,(H,22,23,24). The number of nitro groups is 1. The summed E-state index contributed by atoms with van der Waals surface area (Å²) in [6.45, 7) is 0. The molecule has 0 atom stereocenters. The Morgan fingerprint density at radius 2 is 1.56 bits per heavy atom. The summed E-state index contributed by atoms with van der Waals surface area (Å²) in [5.41, 5.74) is 0.584. The molecule has 8 nitrogen and oxygen atoms in total. The maximum absolute atomic E-state index is 11.2. The molecular formula is C16H11N3O5S. The van der Waals surface area contributed by atoms with E-state index in [9.17, 15) is 18.5 Å². The van der Waals surface area contributed by atoms with E-state index in [1.807, 2.05) is 0 Å². The first-order valence-corrected chi connectivity index (χ1v) is 8.46. The van der Waals surface area contributed by atoms with E-state index >= 15 is 0 Å². The van der Waals surface area contributed by atoms with Gasteiger partial charge in [-0.15, -0.1) is 5.11 Å². The lowest BCUT2D eigenvalue weighted by Gasteiger charge is -2.02. The van der Waals surface area contributed by atoms with Crippen molar-refractivity contribution in [3.05, 3.63) is 70.8 Å². The number of azo groups is 1. The monoisotopic (exact) mass is 357 g/mol. The second-order valence-electron chi connectivity index (χ2n) is 5.08. The Balaban J connectivity index is 2.03. The van der Waals surface area contributed by atoms with E-state index in [0.717, 1.165) is 0 Å². The summed E-state index contributed by atoms with van der Waals surface area (Å²) in [7, 11) is -4.28. The smallest absolute Gasteiger partial charge is 0.282 e. The second-order valence-corrected chi connectivity index (χ2v) is 6.50. The molecule has 0 unspecified atom stereocenters. The number of nitrogens with zero attached hydrogens (tertiary/aromatic N) is 3. The van der Waals surface area contributed by atoms with Crippen LogP contribution in [0, 0.1) is 10.1 Å². The molecule has 0 saturated heterocycles. The molecular weight excluding hydrogens is 346 g/mol. The first-order chi connectivity index (χ1) is 11.9. The predicted octanol–water partition coefficient (Wildman–Crippen LogP) is 4.41. The fourth-order valence-electron chi connectivity index (χ4n) is 2.33. The van der Waals surface area contributed by atoms with Crippen molar-refractivity contribution in [2.24, 2.45) is 10.2 Å². The van der Waals surface area contributed by atoms with Crippen LogP contribution in [0.2, 0.25) is 0 Å². The lowest BCUT2D eigenvalue weighted by molar-refractivity contribution is -0.383. The van der Waals surface area contributed by atoms with Gasteiger partial charge in [-0.3, -0.25) is 14.7 Å². The van der Waals surface area contributed by atoms with Gasteiger partial charge in [0.05, 0.1) is 20.9 Å². The highest BCUT2D eigenvalue weighted by Gasteiger charge is 2.14. The van der Waals surface area contributed by atoms with Crippen molar-refractivity contribution >= 4 is 38.0 Å². The van der Waals surface area contributed by atoms with Crippen LogP contribution in [0.4, 0.5) is 17.1 Å². The maximum atomic E-state index is 11.2. The Morgan fingerprint density at radius 1 is 0.920 bits per heavy atom. The van der Waals surface area contributed by atoms with Crippen LogP contribution >= 0.6 is 0 Å². The van der Waals surface area contributed by atoms with Gasteiger partial charge in [0.15, 0.2) is 0 Å². The van der Waals surface area contributed by atoms with Crippen LogP contribution in [-0.2, 0) is 10.1 Å². The molecule has 126 valence electrons. The van der Waals surface area contributed by atoms with Crippen molar-refractivity contribution in [1.29, 1.82) is 0 Å². The van der Waals surface area contributed by atoms with Gasteiger partial charge in [-0.1, -0.05) is 24.3 Å². The molecule has 9 heteroatoms. The SMILES string of the molecule is O=[N+]([O-])c1cccc2cccc(N=Nc3ccc(S(=O)(=O)O)cc3)c12. The molecule has 0 fully saturated rings. The number of hydrogen-bond donors (Lipinski definition) is 1. The molecule has 0 aromatic heterocycles. The fraction of sp³-hybridized carbons (Fsp3) is 0. The Kier molecular flexibility index (Phi) is 4.26. The Hall–Kier alpha value is -3.17. The maximum Gasteiger partial charge on any atom is 0.294 e. The fourth-order valence-corrected chi connectivity index (χ4v) is 2.81. The predicted molar refractivity (Wildman–Crippen MR) is 91.0 cm³/mol. The van der Waals surface area contributed by atoms with Crippen molar-refractivity contribution < 1.29 is 17.9 Å². The second kappa shape index (κ2) is 6.38. The molecule has 0 spiro atoms. The molecule has 0 aliphatic heterocycles. The highest BCUT2D eigenvalue weighted by atomic mass is 32.2. The quantitative estimate of drug-likeness (QED) is 0.321. The van der Waals surface area contributed by atoms with Crippen molar-refractivity contribution in [1.82, 2.24) is 0 Å². The zero-order valence-corrected chi connectivity index (χ0v) is 13.4. The van der Waals surface area contributed by atoms with Crippen LogP contribution < -0.4 is 0 Å². The van der Waals surface area contributed by atoms with Crippen LogP contribution in [0.25, 0.3) is 10.8 Å². The molecule has 3 rings (SSSR count). The molecule has 0 bridgehead atoms. The average Bonchev–Trinajstić information content (AvgIpc) is 2.58. The number of benzene rings is 3. The van der Waals surface area contributed by atoms with Crippen molar-refractivity contribution in [2.45, 2.75) is 4.90 Å². The third-order valence-corrected chi connectivity index (χ3v) is 4.33. The number of fused-ring (bicyclic) bond motifs is 1. The van der Waals surface area contributed by atoms with Crippen LogP contribution in [0.5, 0.6) is 0 Å². The van der Waals surface area contributed by atoms with E-state index in [4.69, 9.17) is 4.55 Å². The van der Waals surface area contributed by atoms with Gasteiger partial charge in [0, 0.05) is 6.07 Å². The molecule has 0 amide bonds. The van der Waals surface area contributed by atoms with Crippen LogP contribution in [0.3, 0.4) is 0 Å². The molecule has 25 heavy (non-hydrogen) atoms. The van der Waals surface area contributed by atoms with Crippen LogP contribution in [0.15, 0.2) is 75.8 Å². The Morgan fingerprint density at radius 3 is 2.16 bits per heavy atom. The normalized spacial score (nSPS) is 11.9. The highest BCUT2D eigenvalue weighted by molar-refractivity contribution is 7.85. The lowest BCUT2D eigenvalue weighted by Crippen LogP contribution is -1.96. The first-order valence-electron chi connectivity index (χ1n) is 7.02. The van der Waals surface area contributed by atoms with Crippen molar-refractivity contribution in [3.8, 4) is 0 Å². The van der Waals surface area contributed by atoms with Gasteiger partial charge >= 0.3 is 0 Å². The summed E-state index contributed by atoms with van der Waals surface area (Å²) in [6.07, 6.45) is 0. The van der Waals surface area contributed by atoms with Crippen LogP contribution in [-0.4, -0.2) is 17.9 Å². The summed E-state index contributed by atoms with van der Waals surface area (Å²) in [5, 5.41) is 20.3. The number of non-ortho nitro benzene ring substituents is 1. The molecule has 3 aromatic rings. The Bertz CT molecular complexity index is 1090. The molecule has 1 N–H and O–H groups in total. The van der Waals surface area contributed by atoms with Gasteiger partial charge in [-0.05, 0) is 35.7 Å². The van der Waals surface area contributed by atoms with Gasteiger partial charge < -0.3 is 0 Å². The van der Waals surface area contributed by atoms with Gasteiger partial charge in [0.2, 0.25) is 0 Å². The molecule has 0 saturated carbocycles. The van der Waals surface area contributed by atoms with E-state index < -0.39 is 15.0 Å². The minimum absolute atomic E-state index is 0.0752. The van der Waals surface area contributed by atoms with Crippen LogP contribution in [0.1, 0.15) is 0 Å². The van der Waals surface area contributed by atoms with E-state index in [2.05, 4.69) is 10.2 Å². The summed E-state index contributed by atoms with van der Waals surface area (Å²) >= 11 is 0. The van der Waals surface area contributed by atoms with E-state index in [1.165, 1.54) is 30.3 Å². The van der Waals surface area contributed by atoms with E-state index in [-0.39, 0.29) is 10.6 Å². The molecule has 0 aliphatic rings. The Labute approximate surface area is 142 Å².